The maximum atomic E-state index is 12.4. The molecule has 2 bridgehead atoms. The molecule has 1 aliphatic heterocycles. The zero-order chi connectivity index (χ0) is 73.9. The summed E-state index contributed by atoms with van der Waals surface area (Å²) in [4.78, 5) is 14.0. The molecule has 0 radical (unpaired) electrons. The van der Waals surface area contributed by atoms with Crippen molar-refractivity contribution in [1.29, 1.82) is 5.26 Å². The van der Waals surface area contributed by atoms with E-state index in [1.54, 1.807) is 73.8 Å². The van der Waals surface area contributed by atoms with E-state index in [9.17, 15) is 41.3 Å². The van der Waals surface area contributed by atoms with Crippen LogP contribution in [-0.2, 0) is 50.5 Å². The largest absolute Gasteiger partial charge is 0.166 e. The first-order chi connectivity index (χ1) is 49.0. The number of benzene rings is 10. The molecule has 23 heteroatoms. The summed E-state index contributed by atoms with van der Waals surface area (Å²) < 4.78 is 108. The van der Waals surface area contributed by atoms with Crippen LogP contribution in [-0.4, -0.2) is 64.7 Å². The Morgan fingerprint density at radius 3 is 1.31 bits per heavy atom. The first-order valence-electron chi connectivity index (χ1n) is 32.8. The molecule has 0 spiro atoms. The Morgan fingerprint density at radius 2 is 0.933 bits per heavy atom. The van der Waals surface area contributed by atoms with E-state index in [4.69, 9.17) is 4.18 Å². The van der Waals surface area contributed by atoms with Crippen LogP contribution >= 0.6 is 35.3 Å². The predicted octanol–water partition coefficient (Wildman–Crippen LogP) is 19.1. The Labute approximate surface area is 630 Å². The van der Waals surface area contributed by atoms with E-state index in [1.807, 2.05) is 38.1 Å². The van der Waals surface area contributed by atoms with Gasteiger partial charge >= 0.3 is 44.5 Å². The molecule has 0 amide bonds. The number of aryl methyl sites for hydroxylation is 2. The SMILES string of the molecule is CCCS(=O)(=O)O/N=C1C=C/C(=C(\C#N)c2ccccc2C)S\1.Cc1ccc(S(=O)(=O)OC2CC3CC(C3(C)C)C2(C)O)cc1.[F-].[F][Sb]([F])([F])([F])[F].c1ccc(Sc2ccc([S+](c3ccccc3)c3ccccc3)cc2)cc1.c1ccc(Sc2ccc([S+](c3ccccc3)c3ccccc3)cc2)cc1. The summed E-state index contributed by atoms with van der Waals surface area (Å²) in [5.74, 6) is 0.418. The molecule has 9 nitrogen and oxygen atoms in total. The fourth-order valence-electron chi connectivity index (χ4n) is 11.8. The second kappa shape index (κ2) is 37.2. The van der Waals surface area contributed by atoms with Gasteiger partial charge in [-0.2, -0.15) is 22.1 Å². The van der Waals surface area contributed by atoms with Crippen LogP contribution < -0.4 is 4.70 Å². The summed E-state index contributed by atoms with van der Waals surface area (Å²) in [5, 5.41) is 24.4. The summed E-state index contributed by atoms with van der Waals surface area (Å²) in [6, 6.07) is 98.6. The maximum Gasteiger partial charge on any atom is 0.166 e. The molecule has 1 heterocycles. The van der Waals surface area contributed by atoms with Crippen LogP contribution in [0.5, 0.6) is 0 Å². The van der Waals surface area contributed by atoms with Gasteiger partial charge in [0.25, 0.3) is 10.1 Å². The molecule has 4 unspecified atom stereocenters. The molecule has 104 heavy (non-hydrogen) atoms. The zero-order valence-corrected chi connectivity index (χ0v) is 65.9. The molecule has 10 aromatic carbocycles. The number of halogens is 6. The van der Waals surface area contributed by atoms with Gasteiger partial charge < -0.3 is 9.81 Å². The average molecular weight is 1650 g/mol. The van der Waals surface area contributed by atoms with Gasteiger partial charge in [0.15, 0.2) is 29.4 Å². The Morgan fingerprint density at radius 1 is 0.558 bits per heavy atom. The van der Waals surface area contributed by atoms with Crippen LogP contribution in [0.4, 0.5) is 14.1 Å². The van der Waals surface area contributed by atoms with Crippen LogP contribution in [0.3, 0.4) is 0 Å². The third-order valence-corrected chi connectivity index (χ3v) is 26.9. The number of fused-ring (bicyclic) bond motifs is 2. The standard InChI is InChI=1S/2C24H19S2.C17H24O4S.C16H16N2O3S2.6FH.Sb/c2*1-4-10-20(11-5-1)25-21-16-18-24(19-17-21)26(22-12-6-2-7-13-22)23-14-8-3-9-15-23;1-11-5-7-13(8-6-11)22(19,20)21-15-10-12-9-14(16(12,2)3)17(15,4)18;1-3-10-23(19,20)21-18-16-9-8-15(22-16)14(11-17)13-7-5-4-6-12(13)2;;;;;;;/h2*1-19H;5-8,12,14-15,18H,9-10H2,1-4H3;4-9H,3,10H2,1-2H3;6*1H;/q2*+1;;;;;;;;;+5/p-6/b;;;15-14-,18-16+;;;;;;;. The number of rotatable bonds is 18. The van der Waals surface area contributed by atoms with Gasteiger partial charge in [-0.05, 0) is 214 Å². The van der Waals surface area contributed by atoms with Crippen LogP contribution in [0.1, 0.15) is 63.6 Å². The molecular formula is C81H78F6N2O7S7Sb+. The monoisotopic (exact) mass is 1650 g/mol. The van der Waals surface area contributed by atoms with Crippen LogP contribution in [0.25, 0.3) is 5.57 Å². The average Bonchev–Trinajstić information content (AvgIpc) is 0.773. The van der Waals surface area contributed by atoms with Gasteiger partial charge in [0.05, 0.1) is 43.6 Å². The third kappa shape index (κ3) is 24.1. The van der Waals surface area contributed by atoms with Crippen LogP contribution in [0.2, 0.25) is 0 Å². The number of nitriles is 1. The van der Waals surface area contributed by atoms with Crippen molar-refractivity contribution in [3.05, 3.63) is 313 Å². The van der Waals surface area contributed by atoms with E-state index < -0.39 is 52.2 Å². The fourth-order valence-corrected chi connectivity index (χ4v) is 20.4. The molecule has 14 rings (SSSR count). The normalized spacial score (nSPS) is 18.3. The first-order valence-corrected chi connectivity index (χ1v) is 45.5. The topological polar surface area (TPSA) is 143 Å². The van der Waals surface area contributed by atoms with Gasteiger partial charge in [-0.15, -0.1) is 0 Å². The third-order valence-electron chi connectivity index (χ3n) is 16.9. The minimum atomic E-state index is -9.19. The second-order valence-electron chi connectivity index (χ2n) is 24.8. The van der Waals surface area contributed by atoms with Crippen molar-refractivity contribution in [2.45, 2.75) is 126 Å². The molecule has 0 aromatic heterocycles. The Bertz CT molecular complexity index is 4520. The zero-order valence-electron chi connectivity index (χ0n) is 57.6. The Balaban J connectivity index is 0.000000171. The van der Waals surface area contributed by atoms with Crippen molar-refractivity contribution in [1.82, 2.24) is 0 Å². The van der Waals surface area contributed by atoms with Crippen molar-refractivity contribution in [3.8, 4) is 6.07 Å². The quantitative estimate of drug-likeness (QED) is 0.0219. The molecule has 10 aromatic rings. The van der Waals surface area contributed by atoms with E-state index >= 15 is 0 Å². The predicted molar refractivity (Wildman–Crippen MR) is 412 cm³/mol. The number of hydrogen-bond acceptors (Lipinski definition) is 12. The van der Waals surface area contributed by atoms with E-state index in [0.29, 0.717) is 29.4 Å². The van der Waals surface area contributed by atoms with Crippen molar-refractivity contribution in [2.75, 3.05) is 5.75 Å². The molecule has 3 fully saturated rings. The number of aliphatic hydroxyl groups is 1. The molecule has 4 atom stereocenters. The minimum absolute atomic E-state index is 0. The van der Waals surface area contributed by atoms with Gasteiger partial charge in [-0.3, -0.25) is 8.47 Å². The Kier molecular flexibility index (Phi) is 29.5. The Hall–Kier alpha value is -7.39. The number of hydrogen-bond donors (Lipinski definition) is 1. The van der Waals surface area contributed by atoms with Gasteiger partial charge in [0, 0.05) is 24.5 Å². The second-order valence-corrected chi connectivity index (χ2v) is 39.1. The van der Waals surface area contributed by atoms with Gasteiger partial charge in [0.1, 0.15) is 17.2 Å². The molecule has 1 N–H and O–H groups in total. The number of thioether (sulfide) groups is 1. The smallest absolute Gasteiger partial charge is 0.0901 e. The molecule has 542 valence electrons. The maximum absolute atomic E-state index is 12.4. The summed E-state index contributed by atoms with van der Waals surface area (Å²) >= 11 is -4.37. The molecule has 4 aliphatic rings. The van der Waals surface area contributed by atoms with E-state index in [-0.39, 0.29) is 48.5 Å². The minimum Gasteiger partial charge on any atom is -0.0901 e. The molecular weight excluding hydrogens is 1570 g/mol. The number of nitrogens with zero attached hydrogens (tertiary/aromatic N) is 2. The fraction of sp³-hybridized carbons (Fsp3) is 0.185. The van der Waals surface area contributed by atoms with E-state index in [1.165, 1.54) is 60.7 Å². The number of allylic oxidation sites excluding steroid dienone is 2. The first kappa shape index (κ1) is 82.3. The van der Waals surface area contributed by atoms with Crippen LogP contribution in [0.15, 0.2) is 355 Å². The van der Waals surface area contributed by atoms with Gasteiger partial charge in [-0.1, -0.05) is 212 Å². The van der Waals surface area contributed by atoms with Gasteiger partial charge in [-0.25, -0.2) is 0 Å². The van der Waals surface area contributed by atoms with Gasteiger partial charge in [0.2, 0.25) is 0 Å². The summed E-state index contributed by atoms with van der Waals surface area (Å²) in [5.41, 5.74) is 2.31. The van der Waals surface area contributed by atoms with Crippen molar-refractivity contribution in [2.24, 2.45) is 22.4 Å². The van der Waals surface area contributed by atoms with E-state index in [0.717, 1.165) is 28.0 Å². The van der Waals surface area contributed by atoms with Crippen molar-refractivity contribution in [3.63, 3.8) is 0 Å². The molecule has 3 saturated carbocycles. The summed E-state index contributed by atoms with van der Waals surface area (Å²) in [6.07, 6.45) is 4.70. The summed E-state index contributed by atoms with van der Waals surface area (Å²) in [7, 11) is -7.64. The van der Waals surface area contributed by atoms with Crippen molar-refractivity contribution < 1.29 is 49.2 Å². The van der Waals surface area contributed by atoms with E-state index in [2.05, 4.69) is 260 Å². The molecule has 0 saturated heterocycles. The van der Waals surface area contributed by atoms with Crippen molar-refractivity contribution >= 4 is 108 Å². The summed E-state index contributed by atoms with van der Waals surface area (Å²) in [6.45, 7) is 11.6. The van der Waals surface area contributed by atoms with Crippen LogP contribution in [0, 0.1) is 42.4 Å². The molecule has 3 aliphatic carbocycles. The number of oxime groups is 1.